The Morgan fingerprint density at radius 3 is 2.30 bits per heavy atom. The standard InChI is InChI=1S/C7H13N3/c8-7(10-9)6-4-2-1-3-5-6/h6,8-9H,1-5H2. The topological polar surface area (TPSA) is 60.1 Å². The van der Waals surface area contributed by atoms with E-state index in [9.17, 15) is 0 Å². The first-order chi connectivity index (χ1) is 4.84. The van der Waals surface area contributed by atoms with Gasteiger partial charge in [-0.15, -0.1) is 5.11 Å². The van der Waals surface area contributed by atoms with E-state index in [1.807, 2.05) is 0 Å². The summed E-state index contributed by atoms with van der Waals surface area (Å²) in [7, 11) is 0. The minimum absolute atomic E-state index is 0.278. The fourth-order valence-corrected chi connectivity index (χ4v) is 1.47. The highest BCUT2D eigenvalue weighted by Crippen LogP contribution is 2.24. The Morgan fingerprint density at radius 1 is 1.20 bits per heavy atom. The molecular weight excluding hydrogens is 126 g/mol. The van der Waals surface area contributed by atoms with Crippen LogP contribution in [0.25, 0.3) is 0 Å². The van der Waals surface area contributed by atoms with Crippen molar-refractivity contribution in [3.8, 4) is 0 Å². The van der Waals surface area contributed by atoms with Gasteiger partial charge in [0, 0.05) is 5.92 Å². The molecule has 1 aliphatic rings. The summed E-state index contributed by atoms with van der Waals surface area (Å²) in [5.41, 5.74) is 6.65. The van der Waals surface area contributed by atoms with Gasteiger partial charge in [-0.25, -0.2) is 5.53 Å². The van der Waals surface area contributed by atoms with Crippen LogP contribution in [0.15, 0.2) is 5.11 Å². The second-order valence-corrected chi connectivity index (χ2v) is 2.83. The summed E-state index contributed by atoms with van der Waals surface area (Å²) in [6.07, 6.45) is 5.86. The Bertz CT molecular complexity index is 136. The van der Waals surface area contributed by atoms with Gasteiger partial charge in [0.25, 0.3) is 0 Å². The molecule has 2 N–H and O–H groups in total. The van der Waals surface area contributed by atoms with Gasteiger partial charge in [0.2, 0.25) is 0 Å². The second kappa shape index (κ2) is 3.44. The molecule has 56 valence electrons. The van der Waals surface area contributed by atoms with E-state index in [4.69, 9.17) is 10.9 Å². The average Bonchev–Trinajstić information content (AvgIpc) is 2.05. The van der Waals surface area contributed by atoms with E-state index in [2.05, 4.69) is 5.11 Å². The van der Waals surface area contributed by atoms with Crippen LogP contribution in [0.3, 0.4) is 0 Å². The molecule has 0 bridgehead atoms. The first-order valence-electron chi connectivity index (χ1n) is 3.80. The number of hydrogen-bond donors (Lipinski definition) is 2. The summed E-state index contributed by atoms with van der Waals surface area (Å²) in [5.74, 6) is 0.575. The molecule has 0 atom stereocenters. The summed E-state index contributed by atoms with van der Waals surface area (Å²) < 4.78 is 0. The third-order valence-electron chi connectivity index (χ3n) is 2.11. The lowest BCUT2D eigenvalue weighted by Gasteiger charge is -2.18. The van der Waals surface area contributed by atoms with Gasteiger partial charge in [-0.3, -0.25) is 5.41 Å². The van der Waals surface area contributed by atoms with Crippen molar-refractivity contribution >= 4 is 5.84 Å². The van der Waals surface area contributed by atoms with Crippen LogP contribution in [0.1, 0.15) is 32.1 Å². The van der Waals surface area contributed by atoms with E-state index in [0.29, 0.717) is 5.92 Å². The monoisotopic (exact) mass is 139 g/mol. The fraction of sp³-hybridized carbons (Fsp3) is 0.857. The Balaban J connectivity index is 2.38. The molecule has 1 rings (SSSR count). The number of nitrogens with one attached hydrogen (secondary N) is 2. The van der Waals surface area contributed by atoms with E-state index in [-0.39, 0.29) is 5.84 Å². The maximum atomic E-state index is 7.28. The zero-order valence-corrected chi connectivity index (χ0v) is 6.06. The molecule has 0 radical (unpaired) electrons. The van der Waals surface area contributed by atoms with Crippen molar-refractivity contribution in [1.29, 1.82) is 10.9 Å². The van der Waals surface area contributed by atoms with Gasteiger partial charge in [-0.1, -0.05) is 19.3 Å². The van der Waals surface area contributed by atoms with E-state index in [1.54, 1.807) is 0 Å². The lowest BCUT2D eigenvalue weighted by Crippen LogP contribution is -2.14. The van der Waals surface area contributed by atoms with Crippen LogP contribution in [0.5, 0.6) is 0 Å². The van der Waals surface area contributed by atoms with E-state index in [1.165, 1.54) is 19.3 Å². The summed E-state index contributed by atoms with van der Waals surface area (Å²) in [6, 6.07) is 0. The molecule has 1 saturated carbocycles. The predicted molar refractivity (Wildman–Crippen MR) is 39.4 cm³/mol. The number of rotatable bonds is 1. The van der Waals surface area contributed by atoms with Crippen molar-refractivity contribution < 1.29 is 0 Å². The highest BCUT2D eigenvalue weighted by Gasteiger charge is 2.17. The smallest absolute Gasteiger partial charge is 0.145 e. The molecule has 0 saturated heterocycles. The molecule has 0 aromatic carbocycles. The van der Waals surface area contributed by atoms with Gasteiger partial charge in [0.05, 0.1) is 0 Å². The van der Waals surface area contributed by atoms with E-state index >= 15 is 0 Å². The second-order valence-electron chi connectivity index (χ2n) is 2.83. The van der Waals surface area contributed by atoms with Crippen LogP contribution in [-0.2, 0) is 0 Å². The van der Waals surface area contributed by atoms with Crippen LogP contribution in [0, 0.1) is 16.9 Å². The van der Waals surface area contributed by atoms with Crippen LogP contribution >= 0.6 is 0 Å². The van der Waals surface area contributed by atoms with Crippen molar-refractivity contribution in [2.24, 2.45) is 11.0 Å². The van der Waals surface area contributed by atoms with Crippen LogP contribution in [0.4, 0.5) is 0 Å². The van der Waals surface area contributed by atoms with E-state index < -0.39 is 0 Å². The summed E-state index contributed by atoms with van der Waals surface area (Å²) in [4.78, 5) is 0. The molecule has 0 aromatic heterocycles. The Morgan fingerprint density at radius 2 is 1.80 bits per heavy atom. The van der Waals surface area contributed by atoms with Gasteiger partial charge in [0.15, 0.2) is 0 Å². The van der Waals surface area contributed by atoms with Crippen molar-refractivity contribution in [3.05, 3.63) is 0 Å². The first-order valence-corrected chi connectivity index (χ1v) is 3.80. The van der Waals surface area contributed by atoms with Crippen LogP contribution in [-0.4, -0.2) is 5.84 Å². The number of amidine groups is 1. The van der Waals surface area contributed by atoms with Crippen molar-refractivity contribution in [3.63, 3.8) is 0 Å². The molecule has 0 heterocycles. The Hall–Kier alpha value is -0.730. The molecule has 10 heavy (non-hydrogen) atoms. The summed E-state index contributed by atoms with van der Waals surface area (Å²) in [5, 5.41) is 10.4. The van der Waals surface area contributed by atoms with Gasteiger partial charge < -0.3 is 0 Å². The molecule has 3 heteroatoms. The summed E-state index contributed by atoms with van der Waals surface area (Å²) >= 11 is 0. The SMILES string of the molecule is N=NC(=N)C1CCCCC1. The third kappa shape index (κ3) is 1.62. The molecule has 0 unspecified atom stereocenters. The molecule has 1 fully saturated rings. The molecule has 3 nitrogen and oxygen atoms in total. The zero-order valence-electron chi connectivity index (χ0n) is 6.06. The van der Waals surface area contributed by atoms with Crippen molar-refractivity contribution in [2.75, 3.05) is 0 Å². The van der Waals surface area contributed by atoms with Gasteiger partial charge >= 0.3 is 0 Å². The van der Waals surface area contributed by atoms with Gasteiger partial charge in [-0.2, -0.15) is 0 Å². The van der Waals surface area contributed by atoms with Gasteiger partial charge in [-0.05, 0) is 12.8 Å². The van der Waals surface area contributed by atoms with Crippen molar-refractivity contribution in [2.45, 2.75) is 32.1 Å². The maximum Gasteiger partial charge on any atom is 0.145 e. The molecule has 1 aliphatic carbocycles. The summed E-state index contributed by atoms with van der Waals surface area (Å²) in [6.45, 7) is 0. The molecule has 0 aromatic rings. The normalized spacial score (nSPS) is 20.4. The lowest BCUT2D eigenvalue weighted by atomic mass is 9.89. The number of hydrogen-bond acceptors (Lipinski definition) is 2. The minimum Gasteiger partial charge on any atom is -0.285 e. The molecule has 0 spiro atoms. The average molecular weight is 139 g/mol. The lowest BCUT2D eigenvalue weighted by molar-refractivity contribution is 0.435. The maximum absolute atomic E-state index is 7.28. The fourth-order valence-electron chi connectivity index (χ4n) is 1.47. The highest BCUT2D eigenvalue weighted by molar-refractivity contribution is 5.81. The van der Waals surface area contributed by atoms with Crippen molar-refractivity contribution in [1.82, 2.24) is 0 Å². The molecular formula is C7H13N3. The highest BCUT2D eigenvalue weighted by atomic mass is 15.0. The Labute approximate surface area is 60.8 Å². The Kier molecular flexibility index (Phi) is 2.54. The molecule has 0 amide bonds. The molecule has 0 aliphatic heterocycles. The van der Waals surface area contributed by atoms with Crippen LogP contribution in [0.2, 0.25) is 0 Å². The zero-order chi connectivity index (χ0) is 7.40. The minimum atomic E-state index is 0.278. The quantitative estimate of drug-likeness (QED) is 0.318. The van der Waals surface area contributed by atoms with Crippen LogP contribution < -0.4 is 0 Å². The third-order valence-corrected chi connectivity index (χ3v) is 2.11. The predicted octanol–water partition coefficient (Wildman–Crippen LogP) is 2.57. The van der Waals surface area contributed by atoms with Gasteiger partial charge in [0.1, 0.15) is 5.84 Å². The largest absolute Gasteiger partial charge is 0.285 e. The van der Waals surface area contributed by atoms with E-state index in [0.717, 1.165) is 12.8 Å². The number of nitrogens with zero attached hydrogens (tertiary/aromatic N) is 1. The first kappa shape index (κ1) is 7.38.